The van der Waals surface area contributed by atoms with E-state index in [0.29, 0.717) is 0 Å². The summed E-state index contributed by atoms with van der Waals surface area (Å²) >= 11 is 0. The third-order valence-electron chi connectivity index (χ3n) is 9.20. The number of aryl methyl sites for hydroxylation is 2. The predicted molar refractivity (Wildman–Crippen MR) is 159 cm³/mol. The van der Waals surface area contributed by atoms with Crippen molar-refractivity contribution in [3.63, 3.8) is 0 Å². The molecule has 38 heavy (non-hydrogen) atoms. The van der Waals surface area contributed by atoms with E-state index in [2.05, 4.69) is 65.6 Å². The van der Waals surface area contributed by atoms with E-state index < -0.39 is 0 Å². The molecule has 2 aliphatic rings. The first-order valence-corrected chi connectivity index (χ1v) is 15.6. The zero-order valence-electron chi connectivity index (χ0n) is 24.1. The molecule has 0 amide bonds. The van der Waals surface area contributed by atoms with E-state index in [0.717, 1.165) is 37.9 Å². The minimum atomic E-state index is 0.724. The van der Waals surface area contributed by atoms with E-state index in [1.807, 2.05) is 12.4 Å². The lowest BCUT2D eigenvalue weighted by atomic mass is 9.80. The number of likely N-dealkylation sites (tertiary alicyclic amines) is 1. The lowest BCUT2D eigenvalue weighted by Crippen LogP contribution is -2.44. The second kappa shape index (κ2) is 13.1. The van der Waals surface area contributed by atoms with Gasteiger partial charge in [0, 0.05) is 42.7 Å². The number of benzene rings is 1. The third-order valence-corrected chi connectivity index (χ3v) is 9.20. The van der Waals surface area contributed by atoms with E-state index in [-0.39, 0.29) is 0 Å². The van der Waals surface area contributed by atoms with Crippen LogP contribution in [0, 0.1) is 5.92 Å². The van der Waals surface area contributed by atoms with Gasteiger partial charge in [-0.15, -0.1) is 0 Å². The van der Waals surface area contributed by atoms with E-state index in [9.17, 15) is 0 Å². The van der Waals surface area contributed by atoms with Crippen molar-refractivity contribution in [3.8, 4) is 22.6 Å². The van der Waals surface area contributed by atoms with Crippen LogP contribution >= 0.6 is 0 Å². The Kier molecular flexibility index (Phi) is 9.32. The van der Waals surface area contributed by atoms with Gasteiger partial charge >= 0.3 is 0 Å². The molecule has 0 bridgehead atoms. The Morgan fingerprint density at radius 3 is 2.24 bits per heavy atom. The fraction of sp³-hybridized carbons (Fsp3) is 0.588. The van der Waals surface area contributed by atoms with Crippen LogP contribution in [0.5, 0.6) is 0 Å². The van der Waals surface area contributed by atoms with Gasteiger partial charge in [-0.1, -0.05) is 71.1 Å². The molecule has 204 valence electrons. The zero-order valence-corrected chi connectivity index (χ0v) is 24.1. The van der Waals surface area contributed by atoms with E-state index >= 15 is 0 Å². The van der Waals surface area contributed by atoms with Crippen molar-refractivity contribution in [3.05, 3.63) is 59.5 Å². The van der Waals surface area contributed by atoms with Crippen molar-refractivity contribution in [2.75, 3.05) is 6.54 Å². The highest BCUT2D eigenvalue weighted by Gasteiger charge is 2.33. The summed E-state index contributed by atoms with van der Waals surface area (Å²) in [5.74, 6) is 2.05. The van der Waals surface area contributed by atoms with Gasteiger partial charge in [-0.25, -0.2) is 4.98 Å². The molecule has 1 aliphatic carbocycles. The first-order valence-electron chi connectivity index (χ1n) is 15.6. The number of unbranched alkanes of at least 4 members (excludes halogenated alkanes) is 1. The first kappa shape index (κ1) is 27.1. The topological polar surface area (TPSA) is 34.0 Å². The average molecular weight is 513 g/mol. The highest BCUT2D eigenvalue weighted by molar-refractivity contribution is 5.72. The molecule has 1 saturated carbocycles. The highest BCUT2D eigenvalue weighted by atomic mass is 15.2. The molecule has 1 aromatic carbocycles. The van der Waals surface area contributed by atoms with Crippen molar-refractivity contribution in [1.29, 1.82) is 0 Å². The molecule has 2 fully saturated rings. The van der Waals surface area contributed by atoms with Crippen LogP contribution in [-0.2, 0) is 25.9 Å². The monoisotopic (exact) mass is 512 g/mol. The molecule has 3 heterocycles. The number of pyridine rings is 1. The van der Waals surface area contributed by atoms with Gasteiger partial charge in [0.2, 0.25) is 0 Å². The predicted octanol–water partition coefficient (Wildman–Crippen LogP) is 8.47. The summed E-state index contributed by atoms with van der Waals surface area (Å²) in [6.45, 7) is 10.1. The molecule has 1 aliphatic heterocycles. The van der Waals surface area contributed by atoms with Crippen molar-refractivity contribution >= 4 is 0 Å². The molecule has 1 saturated heterocycles. The third kappa shape index (κ3) is 5.76. The van der Waals surface area contributed by atoms with Gasteiger partial charge in [0.25, 0.3) is 0 Å². The fourth-order valence-electron chi connectivity index (χ4n) is 7.12. The average Bonchev–Trinajstić information content (AvgIpc) is 3.34. The van der Waals surface area contributed by atoms with Gasteiger partial charge in [0.05, 0.1) is 11.4 Å². The van der Waals surface area contributed by atoms with E-state index in [1.54, 1.807) is 0 Å². The lowest BCUT2D eigenvalue weighted by Gasteiger charge is -2.42. The molecule has 4 heteroatoms. The number of aromatic nitrogens is 3. The van der Waals surface area contributed by atoms with Crippen LogP contribution in [-0.4, -0.2) is 32.0 Å². The molecular weight excluding hydrogens is 464 g/mol. The van der Waals surface area contributed by atoms with Crippen LogP contribution in [0.2, 0.25) is 0 Å². The summed E-state index contributed by atoms with van der Waals surface area (Å²) in [5, 5.41) is 0. The van der Waals surface area contributed by atoms with Gasteiger partial charge in [-0.05, 0) is 80.7 Å². The highest BCUT2D eigenvalue weighted by Crippen LogP contribution is 2.38. The van der Waals surface area contributed by atoms with E-state index in [4.69, 9.17) is 4.98 Å². The van der Waals surface area contributed by atoms with Crippen LogP contribution in [0.3, 0.4) is 0 Å². The van der Waals surface area contributed by atoms with Gasteiger partial charge < -0.3 is 4.57 Å². The normalized spacial score (nSPS) is 19.2. The summed E-state index contributed by atoms with van der Waals surface area (Å²) in [4.78, 5) is 12.7. The number of rotatable bonds is 10. The summed E-state index contributed by atoms with van der Waals surface area (Å²) < 4.78 is 2.62. The van der Waals surface area contributed by atoms with Crippen LogP contribution < -0.4 is 0 Å². The number of nitrogens with zero attached hydrogens (tertiary/aromatic N) is 4. The van der Waals surface area contributed by atoms with Crippen LogP contribution in [0.25, 0.3) is 22.6 Å². The molecule has 0 radical (unpaired) electrons. The lowest BCUT2D eigenvalue weighted by molar-refractivity contribution is 0.0728. The molecule has 0 spiro atoms. The minimum absolute atomic E-state index is 0.724. The maximum atomic E-state index is 5.53. The number of hydrogen-bond donors (Lipinski definition) is 0. The Labute approximate surface area is 230 Å². The van der Waals surface area contributed by atoms with Crippen LogP contribution in [0.4, 0.5) is 0 Å². The molecule has 1 unspecified atom stereocenters. The Morgan fingerprint density at radius 1 is 0.842 bits per heavy atom. The Morgan fingerprint density at radius 2 is 1.55 bits per heavy atom. The molecule has 0 N–H and O–H groups in total. The maximum Gasteiger partial charge on any atom is 0.141 e. The minimum Gasteiger partial charge on any atom is -0.326 e. The second-order valence-corrected chi connectivity index (χ2v) is 11.6. The molecule has 3 aromatic rings. The summed E-state index contributed by atoms with van der Waals surface area (Å²) in [6, 6.07) is 11.9. The van der Waals surface area contributed by atoms with Crippen molar-refractivity contribution in [1.82, 2.24) is 19.4 Å². The van der Waals surface area contributed by atoms with E-state index in [1.165, 1.54) is 110 Å². The van der Waals surface area contributed by atoms with Crippen molar-refractivity contribution < 1.29 is 0 Å². The SMILES string of the molecule is CCCCn1c(-c2c(CC)cccc2CC)nc(-c2ccncc2)c1CN1CCCCC1C1CCCCC1. The largest absolute Gasteiger partial charge is 0.326 e. The van der Waals surface area contributed by atoms with Gasteiger partial charge in [0.15, 0.2) is 0 Å². The summed E-state index contributed by atoms with van der Waals surface area (Å²) in [6.07, 6.45) is 19.4. The molecule has 1 atom stereocenters. The zero-order chi connectivity index (χ0) is 26.3. The smallest absolute Gasteiger partial charge is 0.141 e. The molecule has 4 nitrogen and oxygen atoms in total. The Hall–Kier alpha value is -2.46. The van der Waals surface area contributed by atoms with Gasteiger partial charge in [0.1, 0.15) is 5.82 Å². The molecule has 5 rings (SSSR count). The maximum absolute atomic E-state index is 5.53. The standard InChI is InChI=1S/C34H48N4/c1-4-7-24-38-31(25-37-23-12-11-18-30(37)28-14-9-8-10-15-28)33(29-19-21-35-22-20-29)36-34(38)32-26(5-2)16-13-17-27(32)6-3/h13,16-17,19-22,28,30H,4-12,14-15,18,23-25H2,1-3H3. The number of piperidine rings is 1. The second-order valence-electron chi connectivity index (χ2n) is 11.6. The first-order chi connectivity index (χ1) is 18.7. The summed E-state index contributed by atoms with van der Waals surface area (Å²) in [7, 11) is 0. The quantitative estimate of drug-likeness (QED) is 0.273. The molecular formula is C34H48N4. The van der Waals surface area contributed by atoms with Crippen molar-refractivity contribution in [2.45, 2.75) is 117 Å². The fourth-order valence-corrected chi connectivity index (χ4v) is 7.12. The number of imidazole rings is 1. The van der Waals surface area contributed by atoms with Crippen molar-refractivity contribution in [2.24, 2.45) is 5.92 Å². The Balaban J connectivity index is 1.64. The van der Waals surface area contributed by atoms with Crippen LogP contribution in [0.1, 0.15) is 102 Å². The van der Waals surface area contributed by atoms with Gasteiger partial charge in [-0.2, -0.15) is 0 Å². The number of hydrogen-bond acceptors (Lipinski definition) is 3. The van der Waals surface area contributed by atoms with Crippen LogP contribution in [0.15, 0.2) is 42.7 Å². The molecule has 2 aromatic heterocycles. The van der Waals surface area contributed by atoms with Gasteiger partial charge in [-0.3, -0.25) is 9.88 Å². The Bertz CT molecular complexity index is 1140. The summed E-state index contributed by atoms with van der Waals surface area (Å²) in [5.41, 5.74) is 7.98.